The summed E-state index contributed by atoms with van der Waals surface area (Å²) in [6.45, 7) is 0. The summed E-state index contributed by atoms with van der Waals surface area (Å²) in [6.07, 6.45) is 0. The van der Waals surface area contributed by atoms with Gasteiger partial charge in [-0.05, 0) is 132 Å². The standard InChI is InChI=1S/C121H77N9/c1-5-21-78(22-6-1)80-45-57-92(58-46-80)108-77-109(125-118(124-108)96-61-51-88(52-62-96)90-69-73-100(74-70-90)129-110-35-19-15-31-104(110)112-114(94-25-9-3-10-26-94)122-106-33-17-13-29-102(106)116(112)129)93-59-47-86(48-60-93)84-41-37-82(38-42-84)83-39-43-85(44-40-83)87-53-65-98(66-54-87)120-126-119(97-63-49-81(50-64-97)79-23-7-2-8-24-79)127-121(128-120)99-67-55-89(56-68-99)91-71-75-101(76-72-91)130-111-36-20-16-32-105(111)113-115(95-27-11-4-12-28-95)123-107-34-18-14-30-103(107)117(113)130/h1-77H. The minimum atomic E-state index is 0.591. The van der Waals surface area contributed by atoms with E-state index in [-0.39, 0.29) is 0 Å². The third kappa shape index (κ3) is 14.1. The maximum atomic E-state index is 5.33. The minimum Gasteiger partial charge on any atom is -0.308 e. The molecule has 0 saturated heterocycles. The Bertz CT molecular complexity index is 7880. The summed E-state index contributed by atoms with van der Waals surface area (Å²) >= 11 is 0. The van der Waals surface area contributed by atoms with Gasteiger partial charge in [-0.25, -0.2) is 34.9 Å². The largest absolute Gasteiger partial charge is 0.308 e. The first-order chi connectivity index (χ1) is 64.4. The zero-order chi connectivity index (χ0) is 86.0. The molecular weight excluding hydrogens is 1580 g/mol. The number of nitrogens with zero attached hydrogens (tertiary/aromatic N) is 9. The molecule has 0 radical (unpaired) electrons. The van der Waals surface area contributed by atoms with E-state index in [1.165, 1.54) is 16.3 Å². The molecule has 130 heavy (non-hydrogen) atoms. The molecule has 6 heterocycles. The van der Waals surface area contributed by atoms with Gasteiger partial charge in [-0.1, -0.05) is 413 Å². The lowest BCUT2D eigenvalue weighted by atomic mass is 9.97. The second-order valence-electron chi connectivity index (χ2n) is 33.1. The molecule has 6 aromatic heterocycles. The van der Waals surface area contributed by atoms with Gasteiger partial charge in [-0.15, -0.1) is 0 Å². The fourth-order valence-electron chi connectivity index (χ4n) is 18.6. The molecule has 0 saturated carbocycles. The number of benzene rings is 18. The first-order valence-electron chi connectivity index (χ1n) is 44.0. The number of para-hydroxylation sites is 4. The zero-order valence-corrected chi connectivity index (χ0v) is 70.5. The van der Waals surface area contributed by atoms with Crippen molar-refractivity contribution in [3.63, 3.8) is 0 Å². The number of pyridine rings is 2. The van der Waals surface area contributed by atoms with E-state index in [1.54, 1.807) is 0 Å². The number of aromatic nitrogens is 9. The van der Waals surface area contributed by atoms with E-state index < -0.39 is 0 Å². The summed E-state index contributed by atoms with van der Waals surface area (Å²) in [7, 11) is 0. The van der Waals surface area contributed by atoms with Gasteiger partial charge in [0.25, 0.3) is 0 Å². The molecular formula is C121H77N9. The van der Waals surface area contributed by atoms with Crippen molar-refractivity contribution in [2.45, 2.75) is 0 Å². The van der Waals surface area contributed by atoms with Crippen molar-refractivity contribution in [1.29, 1.82) is 0 Å². The van der Waals surface area contributed by atoms with Gasteiger partial charge in [0.05, 0.1) is 55.9 Å². The highest BCUT2D eigenvalue weighted by Gasteiger charge is 2.25. The molecule has 0 bridgehead atoms. The van der Waals surface area contributed by atoms with Gasteiger partial charge in [-0.2, -0.15) is 0 Å². The molecule has 0 aliphatic carbocycles. The molecule has 0 atom stereocenters. The van der Waals surface area contributed by atoms with Crippen LogP contribution in [0.25, 0.3) is 245 Å². The molecule has 606 valence electrons. The first-order valence-corrected chi connectivity index (χ1v) is 44.0. The van der Waals surface area contributed by atoms with Crippen LogP contribution in [0, 0.1) is 0 Å². The van der Waals surface area contributed by atoms with Crippen LogP contribution in [-0.4, -0.2) is 44.0 Å². The molecule has 0 spiro atoms. The summed E-state index contributed by atoms with van der Waals surface area (Å²) < 4.78 is 4.81. The first kappa shape index (κ1) is 76.1. The topological polar surface area (TPSA) is 100 Å². The van der Waals surface area contributed by atoms with Crippen molar-refractivity contribution in [3.05, 3.63) is 467 Å². The van der Waals surface area contributed by atoms with Crippen LogP contribution in [0.4, 0.5) is 0 Å². The van der Waals surface area contributed by atoms with Crippen LogP contribution in [0.15, 0.2) is 467 Å². The van der Waals surface area contributed by atoms with Crippen molar-refractivity contribution < 1.29 is 0 Å². The average molecular weight is 1660 g/mol. The molecule has 0 amide bonds. The van der Waals surface area contributed by atoms with E-state index in [4.69, 9.17) is 34.9 Å². The highest BCUT2D eigenvalue weighted by Crippen LogP contribution is 2.46. The van der Waals surface area contributed by atoms with Gasteiger partial charge in [-0.3, -0.25) is 0 Å². The third-order valence-corrected chi connectivity index (χ3v) is 25.3. The summed E-state index contributed by atoms with van der Waals surface area (Å²) in [5.41, 5.74) is 35.7. The quantitative estimate of drug-likeness (QED) is 0.0895. The van der Waals surface area contributed by atoms with Gasteiger partial charge in [0.15, 0.2) is 23.3 Å². The van der Waals surface area contributed by atoms with Crippen molar-refractivity contribution in [2.24, 2.45) is 0 Å². The molecule has 0 unspecified atom stereocenters. The smallest absolute Gasteiger partial charge is 0.164 e. The van der Waals surface area contributed by atoms with Crippen molar-refractivity contribution >= 4 is 65.4 Å². The third-order valence-electron chi connectivity index (χ3n) is 25.3. The Labute approximate surface area is 751 Å². The van der Waals surface area contributed by atoms with Gasteiger partial charge in [0, 0.05) is 88.2 Å². The molecule has 24 rings (SSSR count). The highest BCUT2D eigenvalue weighted by atomic mass is 15.0. The molecule has 24 aromatic rings. The normalized spacial score (nSPS) is 11.5. The van der Waals surface area contributed by atoms with Crippen LogP contribution in [0.2, 0.25) is 0 Å². The van der Waals surface area contributed by atoms with Crippen LogP contribution in [-0.2, 0) is 0 Å². The number of hydrogen-bond donors (Lipinski definition) is 0. The second kappa shape index (κ2) is 32.5. The molecule has 18 aromatic carbocycles. The lowest BCUT2D eigenvalue weighted by Crippen LogP contribution is -2.00. The van der Waals surface area contributed by atoms with Crippen LogP contribution in [0.3, 0.4) is 0 Å². The Hall–Kier alpha value is -17.5. The number of fused-ring (bicyclic) bond motifs is 10. The minimum absolute atomic E-state index is 0.591. The van der Waals surface area contributed by atoms with Gasteiger partial charge >= 0.3 is 0 Å². The monoisotopic (exact) mass is 1660 g/mol. The van der Waals surface area contributed by atoms with Gasteiger partial charge in [0.2, 0.25) is 0 Å². The molecule has 0 aliphatic rings. The Morgan fingerprint density at radius 1 is 0.146 bits per heavy atom. The maximum absolute atomic E-state index is 5.33. The molecule has 0 fully saturated rings. The molecule has 9 nitrogen and oxygen atoms in total. The van der Waals surface area contributed by atoms with Gasteiger partial charge in [0.1, 0.15) is 0 Å². The Kier molecular flexibility index (Phi) is 19.1. The van der Waals surface area contributed by atoms with Crippen LogP contribution in [0.5, 0.6) is 0 Å². The predicted molar refractivity (Wildman–Crippen MR) is 536 cm³/mol. The van der Waals surface area contributed by atoms with E-state index in [0.29, 0.717) is 23.3 Å². The highest BCUT2D eigenvalue weighted by molar-refractivity contribution is 6.24. The van der Waals surface area contributed by atoms with Crippen molar-refractivity contribution in [2.75, 3.05) is 0 Å². The predicted octanol–water partition coefficient (Wildman–Crippen LogP) is 31.0. The van der Waals surface area contributed by atoms with Crippen molar-refractivity contribution in [3.8, 4) is 180 Å². The fourth-order valence-corrected chi connectivity index (χ4v) is 18.6. The van der Waals surface area contributed by atoms with Gasteiger partial charge < -0.3 is 9.13 Å². The summed E-state index contributed by atoms with van der Waals surface area (Å²) in [5.74, 6) is 2.43. The zero-order valence-electron chi connectivity index (χ0n) is 70.5. The van der Waals surface area contributed by atoms with E-state index in [2.05, 4.69) is 470 Å². The average Bonchev–Trinajstić information content (AvgIpc) is 1.56. The van der Waals surface area contributed by atoms with E-state index >= 15 is 0 Å². The number of rotatable bonds is 17. The Morgan fingerprint density at radius 2 is 0.354 bits per heavy atom. The lowest BCUT2D eigenvalue weighted by Gasteiger charge is -2.13. The molecule has 0 N–H and O–H groups in total. The Balaban J connectivity index is 0.483. The molecule has 9 heteroatoms. The number of hydrogen-bond acceptors (Lipinski definition) is 7. The summed E-state index contributed by atoms with van der Waals surface area (Å²) in [5, 5.41) is 6.84. The van der Waals surface area contributed by atoms with Crippen LogP contribution >= 0.6 is 0 Å². The Morgan fingerprint density at radius 3 is 0.638 bits per heavy atom. The SMILES string of the molecule is c1ccc(-c2ccc(-c3cc(-c4ccc(-c5ccc(-c6ccc(-c7ccc(-c8nc(-c9ccc(-c%10ccccc%10)cc9)nc(-c9ccc(-c%10ccc(-n%11c%12ccccc%12c%12c(-c%13ccccc%13)nc%13ccccc%13c%12%11)cc%10)cc9)n8)cc7)cc6)cc5)cc4)nc(-c4ccc(-c5ccc(-n6c7ccccc7c7c(-c8ccccc8)nc8ccccc8c76)cc5)cc4)n3)cc2)cc1. The van der Waals surface area contributed by atoms with Crippen LogP contribution in [0.1, 0.15) is 0 Å². The fraction of sp³-hybridized carbons (Fsp3) is 0. The summed E-state index contributed by atoms with van der Waals surface area (Å²) in [6, 6.07) is 166. The van der Waals surface area contributed by atoms with Crippen LogP contribution < -0.4 is 0 Å². The van der Waals surface area contributed by atoms with Crippen molar-refractivity contribution in [1.82, 2.24) is 44.0 Å². The maximum Gasteiger partial charge on any atom is 0.164 e. The molecule has 0 aliphatic heterocycles. The lowest BCUT2D eigenvalue weighted by molar-refractivity contribution is 1.07. The van der Waals surface area contributed by atoms with E-state index in [1.807, 2.05) is 6.07 Å². The second-order valence-corrected chi connectivity index (χ2v) is 33.1. The van der Waals surface area contributed by atoms with E-state index in [0.717, 1.165) is 206 Å². The summed E-state index contributed by atoms with van der Waals surface area (Å²) in [4.78, 5) is 36.9. The van der Waals surface area contributed by atoms with E-state index in [9.17, 15) is 0 Å².